The second-order valence-corrected chi connectivity index (χ2v) is 3.42. The Kier molecular flexibility index (Phi) is 3.19. The van der Waals surface area contributed by atoms with E-state index in [1.807, 2.05) is 25.2 Å². The number of oxazole rings is 1. The third-order valence-electron chi connectivity index (χ3n) is 2.26. The van der Waals surface area contributed by atoms with Crippen molar-refractivity contribution in [3.8, 4) is 0 Å². The summed E-state index contributed by atoms with van der Waals surface area (Å²) in [4.78, 5) is 4.07. The molecule has 0 aliphatic heterocycles. The van der Waals surface area contributed by atoms with E-state index >= 15 is 0 Å². The summed E-state index contributed by atoms with van der Waals surface area (Å²) in [6, 6.07) is 5.95. The van der Waals surface area contributed by atoms with Gasteiger partial charge in [0.25, 0.3) is 0 Å². The highest BCUT2D eigenvalue weighted by molar-refractivity contribution is 5.76. The van der Waals surface area contributed by atoms with Crippen LogP contribution in [0.25, 0.3) is 11.1 Å². The Morgan fingerprint density at radius 3 is 3.13 bits per heavy atom. The first-order valence-corrected chi connectivity index (χ1v) is 5.12. The number of hydrogen-bond acceptors (Lipinski definition) is 4. The van der Waals surface area contributed by atoms with Crippen LogP contribution in [-0.4, -0.2) is 25.1 Å². The average molecular weight is 205 g/mol. The number of aromatic nitrogens is 1. The van der Waals surface area contributed by atoms with Crippen molar-refractivity contribution in [1.29, 1.82) is 0 Å². The molecule has 1 aromatic carbocycles. The van der Waals surface area contributed by atoms with Gasteiger partial charge in [0.2, 0.25) is 0 Å². The Hall–Kier alpha value is -1.55. The number of rotatable bonds is 5. The van der Waals surface area contributed by atoms with Gasteiger partial charge in [-0.25, -0.2) is 4.98 Å². The van der Waals surface area contributed by atoms with Crippen LogP contribution in [0.1, 0.15) is 6.42 Å². The molecule has 4 heteroatoms. The molecule has 0 amide bonds. The van der Waals surface area contributed by atoms with Crippen LogP contribution in [-0.2, 0) is 0 Å². The highest BCUT2D eigenvalue weighted by atomic mass is 16.3. The van der Waals surface area contributed by atoms with Gasteiger partial charge in [0.05, 0.1) is 0 Å². The maximum Gasteiger partial charge on any atom is 0.181 e. The average Bonchev–Trinajstić information content (AvgIpc) is 2.71. The topological polar surface area (TPSA) is 50.1 Å². The number of hydrogen-bond donors (Lipinski definition) is 2. The van der Waals surface area contributed by atoms with Gasteiger partial charge in [0.1, 0.15) is 5.52 Å². The van der Waals surface area contributed by atoms with Crippen molar-refractivity contribution < 1.29 is 4.42 Å². The summed E-state index contributed by atoms with van der Waals surface area (Å²) in [5.74, 6) is 0. The summed E-state index contributed by atoms with van der Waals surface area (Å²) in [7, 11) is 1.96. The van der Waals surface area contributed by atoms with Crippen LogP contribution in [0.4, 0.5) is 5.69 Å². The molecule has 0 saturated heterocycles. The lowest BCUT2D eigenvalue weighted by molar-refractivity contribution is 0.602. The quantitative estimate of drug-likeness (QED) is 0.731. The zero-order valence-corrected chi connectivity index (χ0v) is 8.79. The number of nitrogens with one attached hydrogen (secondary N) is 2. The monoisotopic (exact) mass is 205 g/mol. The number of nitrogens with zero attached hydrogens (tertiary/aromatic N) is 1. The van der Waals surface area contributed by atoms with E-state index in [1.165, 1.54) is 6.39 Å². The highest BCUT2D eigenvalue weighted by Crippen LogP contribution is 2.17. The van der Waals surface area contributed by atoms with Crippen LogP contribution in [0, 0.1) is 0 Å². The molecule has 0 aliphatic rings. The number of fused-ring (bicyclic) bond motifs is 1. The van der Waals surface area contributed by atoms with Crippen molar-refractivity contribution in [2.45, 2.75) is 6.42 Å². The van der Waals surface area contributed by atoms with E-state index in [0.717, 1.165) is 36.3 Å². The maximum absolute atomic E-state index is 5.22. The van der Waals surface area contributed by atoms with Crippen LogP contribution in [0.2, 0.25) is 0 Å². The molecule has 0 saturated carbocycles. The van der Waals surface area contributed by atoms with E-state index < -0.39 is 0 Å². The summed E-state index contributed by atoms with van der Waals surface area (Å²) in [5.41, 5.74) is 2.81. The van der Waals surface area contributed by atoms with Crippen LogP contribution < -0.4 is 10.6 Å². The second-order valence-electron chi connectivity index (χ2n) is 3.42. The fourth-order valence-electron chi connectivity index (χ4n) is 1.46. The highest BCUT2D eigenvalue weighted by Gasteiger charge is 1.99. The van der Waals surface area contributed by atoms with Crippen molar-refractivity contribution in [3.63, 3.8) is 0 Å². The molecule has 1 heterocycles. The van der Waals surface area contributed by atoms with Gasteiger partial charge in [0, 0.05) is 18.3 Å². The van der Waals surface area contributed by atoms with E-state index in [2.05, 4.69) is 15.6 Å². The third-order valence-corrected chi connectivity index (χ3v) is 2.26. The SMILES string of the molecule is CNCCCNc1ccc2ncoc2c1. The van der Waals surface area contributed by atoms with Crippen LogP contribution in [0.3, 0.4) is 0 Å². The lowest BCUT2D eigenvalue weighted by atomic mass is 10.3. The van der Waals surface area contributed by atoms with E-state index in [4.69, 9.17) is 4.42 Å². The van der Waals surface area contributed by atoms with Crippen LogP contribution >= 0.6 is 0 Å². The predicted molar refractivity (Wildman–Crippen MR) is 61.0 cm³/mol. The number of benzene rings is 1. The summed E-state index contributed by atoms with van der Waals surface area (Å²) in [5, 5.41) is 6.44. The molecule has 0 fully saturated rings. The van der Waals surface area contributed by atoms with Crippen molar-refractivity contribution in [3.05, 3.63) is 24.6 Å². The summed E-state index contributed by atoms with van der Waals surface area (Å²) >= 11 is 0. The summed E-state index contributed by atoms with van der Waals surface area (Å²) in [6.45, 7) is 1.98. The standard InChI is InChI=1S/C11H15N3O/c1-12-5-2-6-13-9-3-4-10-11(7-9)15-8-14-10/h3-4,7-8,12-13H,2,5-6H2,1H3. The third kappa shape index (κ3) is 2.47. The lowest BCUT2D eigenvalue weighted by Crippen LogP contribution is -2.12. The van der Waals surface area contributed by atoms with Gasteiger partial charge in [-0.3, -0.25) is 0 Å². The van der Waals surface area contributed by atoms with E-state index in [9.17, 15) is 0 Å². The molecule has 0 atom stereocenters. The van der Waals surface area contributed by atoms with Crippen LogP contribution in [0.5, 0.6) is 0 Å². The van der Waals surface area contributed by atoms with Gasteiger partial charge >= 0.3 is 0 Å². The Bertz CT molecular complexity index is 424. The molecule has 0 radical (unpaired) electrons. The minimum atomic E-state index is 0.827. The molecular formula is C11H15N3O. The molecule has 2 aromatic rings. The molecule has 0 unspecified atom stereocenters. The Morgan fingerprint density at radius 1 is 1.33 bits per heavy atom. The fourth-order valence-corrected chi connectivity index (χ4v) is 1.46. The minimum absolute atomic E-state index is 0.827. The van der Waals surface area contributed by atoms with Crippen LogP contribution in [0.15, 0.2) is 29.0 Å². The molecule has 80 valence electrons. The minimum Gasteiger partial charge on any atom is -0.443 e. The molecule has 1 aromatic heterocycles. The second kappa shape index (κ2) is 4.79. The van der Waals surface area contributed by atoms with Crippen molar-refractivity contribution >= 4 is 16.8 Å². The van der Waals surface area contributed by atoms with Gasteiger partial charge in [-0.05, 0) is 32.1 Å². The lowest BCUT2D eigenvalue weighted by Gasteiger charge is -2.05. The molecule has 0 aliphatic carbocycles. The van der Waals surface area contributed by atoms with E-state index in [0.29, 0.717) is 0 Å². The summed E-state index contributed by atoms with van der Waals surface area (Å²) < 4.78 is 5.22. The molecule has 0 bridgehead atoms. The van der Waals surface area contributed by atoms with Crippen molar-refractivity contribution in [2.75, 3.05) is 25.5 Å². The first-order valence-electron chi connectivity index (χ1n) is 5.12. The largest absolute Gasteiger partial charge is 0.443 e. The molecule has 0 spiro atoms. The Morgan fingerprint density at radius 2 is 2.27 bits per heavy atom. The van der Waals surface area contributed by atoms with Gasteiger partial charge in [0.15, 0.2) is 12.0 Å². The summed E-state index contributed by atoms with van der Waals surface area (Å²) in [6.07, 6.45) is 2.57. The Balaban J connectivity index is 1.96. The molecule has 2 N–H and O–H groups in total. The zero-order valence-electron chi connectivity index (χ0n) is 8.79. The molecule has 4 nitrogen and oxygen atoms in total. The molecule has 2 rings (SSSR count). The fraction of sp³-hybridized carbons (Fsp3) is 0.364. The van der Waals surface area contributed by atoms with Gasteiger partial charge in [-0.1, -0.05) is 0 Å². The van der Waals surface area contributed by atoms with Crippen molar-refractivity contribution in [1.82, 2.24) is 10.3 Å². The van der Waals surface area contributed by atoms with Gasteiger partial charge in [-0.15, -0.1) is 0 Å². The molecule has 15 heavy (non-hydrogen) atoms. The smallest absolute Gasteiger partial charge is 0.181 e. The predicted octanol–water partition coefficient (Wildman–Crippen LogP) is 1.85. The molecular weight excluding hydrogens is 190 g/mol. The van der Waals surface area contributed by atoms with E-state index in [1.54, 1.807) is 0 Å². The first kappa shape index (κ1) is 9.98. The van der Waals surface area contributed by atoms with E-state index in [-0.39, 0.29) is 0 Å². The zero-order chi connectivity index (χ0) is 10.5. The van der Waals surface area contributed by atoms with Crippen molar-refractivity contribution in [2.24, 2.45) is 0 Å². The van der Waals surface area contributed by atoms with Gasteiger partial charge in [-0.2, -0.15) is 0 Å². The normalized spacial score (nSPS) is 10.7. The Labute approximate surface area is 88.7 Å². The number of anilines is 1. The maximum atomic E-state index is 5.22. The first-order chi connectivity index (χ1) is 7.40. The van der Waals surface area contributed by atoms with Gasteiger partial charge < -0.3 is 15.1 Å².